The number of halogens is 2. The molecule has 8 heteroatoms. The molecule has 0 fully saturated rings. The first-order valence-electron chi connectivity index (χ1n) is 7.81. The number of anilines is 1. The molecule has 2 aromatic carbocycles. The number of aryl methyl sites for hydroxylation is 3. The minimum atomic E-state index is -3.79. The Morgan fingerprint density at radius 2 is 1.62 bits per heavy atom. The summed E-state index contributed by atoms with van der Waals surface area (Å²) < 4.78 is 26.8. The van der Waals surface area contributed by atoms with Crippen LogP contribution in [0.1, 0.15) is 16.7 Å². The molecule has 2 aromatic rings. The van der Waals surface area contributed by atoms with Gasteiger partial charge in [0.1, 0.15) is 0 Å². The molecule has 0 saturated carbocycles. The zero-order chi connectivity index (χ0) is 19.6. The third-order valence-corrected chi connectivity index (χ3v) is 6.69. The zero-order valence-electron chi connectivity index (χ0n) is 14.9. The van der Waals surface area contributed by atoms with Crippen molar-refractivity contribution in [3.63, 3.8) is 0 Å². The largest absolute Gasteiger partial charge is 0.325 e. The van der Waals surface area contributed by atoms with Crippen molar-refractivity contribution in [2.24, 2.45) is 0 Å². The van der Waals surface area contributed by atoms with Crippen LogP contribution in [-0.2, 0) is 14.8 Å². The second-order valence-corrected chi connectivity index (χ2v) is 8.96. The molecule has 0 saturated heterocycles. The quantitative estimate of drug-likeness (QED) is 0.797. The maximum Gasteiger partial charge on any atom is 0.243 e. The van der Waals surface area contributed by atoms with Crippen molar-refractivity contribution in [2.75, 3.05) is 18.9 Å². The maximum atomic E-state index is 12.9. The lowest BCUT2D eigenvalue weighted by molar-refractivity contribution is -0.116. The van der Waals surface area contributed by atoms with Crippen LogP contribution in [0.2, 0.25) is 10.0 Å². The number of hydrogen-bond donors (Lipinski definition) is 1. The first-order chi connectivity index (χ1) is 12.0. The van der Waals surface area contributed by atoms with Crippen LogP contribution in [0, 0.1) is 20.8 Å². The Balaban J connectivity index is 2.19. The van der Waals surface area contributed by atoms with Gasteiger partial charge in [0, 0.05) is 12.7 Å². The summed E-state index contributed by atoms with van der Waals surface area (Å²) in [6, 6.07) is 8.27. The lowest BCUT2D eigenvalue weighted by Crippen LogP contribution is -2.35. The number of likely N-dealkylation sites (N-methyl/N-ethyl adjacent to an activating group) is 1. The highest BCUT2D eigenvalue weighted by atomic mass is 35.5. The Morgan fingerprint density at radius 3 is 2.15 bits per heavy atom. The van der Waals surface area contributed by atoms with Crippen LogP contribution in [0.3, 0.4) is 0 Å². The molecular weight excluding hydrogens is 395 g/mol. The summed E-state index contributed by atoms with van der Waals surface area (Å²) in [7, 11) is -2.42. The van der Waals surface area contributed by atoms with Crippen LogP contribution < -0.4 is 5.32 Å². The molecule has 5 nitrogen and oxygen atoms in total. The van der Waals surface area contributed by atoms with E-state index >= 15 is 0 Å². The molecule has 0 atom stereocenters. The first-order valence-corrected chi connectivity index (χ1v) is 10.0. The number of hydrogen-bond acceptors (Lipinski definition) is 3. The lowest BCUT2D eigenvalue weighted by atomic mass is 10.1. The fourth-order valence-electron chi connectivity index (χ4n) is 2.79. The number of rotatable bonds is 5. The summed E-state index contributed by atoms with van der Waals surface area (Å²) in [5.74, 6) is -0.475. The van der Waals surface area contributed by atoms with Crippen LogP contribution in [0.25, 0.3) is 0 Å². The SMILES string of the molecule is Cc1cc(C)c(S(=O)(=O)N(C)CC(=O)Nc2ccc(Cl)c(Cl)c2)c(C)c1. The van der Waals surface area contributed by atoms with Crippen LogP contribution in [0.4, 0.5) is 5.69 Å². The normalized spacial score (nSPS) is 11.7. The highest BCUT2D eigenvalue weighted by Crippen LogP contribution is 2.26. The van der Waals surface area contributed by atoms with Crippen LogP contribution in [0.15, 0.2) is 35.2 Å². The van der Waals surface area contributed by atoms with Crippen molar-refractivity contribution in [1.82, 2.24) is 4.31 Å². The van der Waals surface area contributed by atoms with Crippen molar-refractivity contribution in [1.29, 1.82) is 0 Å². The maximum absolute atomic E-state index is 12.9. The van der Waals surface area contributed by atoms with Gasteiger partial charge in [-0.15, -0.1) is 0 Å². The van der Waals surface area contributed by atoms with Crippen molar-refractivity contribution < 1.29 is 13.2 Å². The van der Waals surface area contributed by atoms with Crippen molar-refractivity contribution in [3.8, 4) is 0 Å². The van der Waals surface area contributed by atoms with E-state index in [1.165, 1.54) is 13.1 Å². The molecule has 0 heterocycles. The Bertz CT molecular complexity index is 936. The molecule has 140 valence electrons. The number of amides is 1. The average Bonchev–Trinajstić information content (AvgIpc) is 2.49. The average molecular weight is 415 g/mol. The molecule has 0 aliphatic carbocycles. The van der Waals surface area contributed by atoms with Gasteiger partial charge in [-0.2, -0.15) is 4.31 Å². The predicted molar refractivity (Wildman–Crippen MR) is 106 cm³/mol. The molecule has 0 aromatic heterocycles. The predicted octanol–water partition coefficient (Wildman–Crippen LogP) is 4.18. The first kappa shape index (κ1) is 20.7. The number of nitrogens with one attached hydrogen (secondary N) is 1. The van der Waals surface area contributed by atoms with Crippen molar-refractivity contribution >= 4 is 44.8 Å². The monoisotopic (exact) mass is 414 g/mol. The molecule has 26 heavy (non-hydrogen) atoms. The number of carbonyl (C=O) groups excluding carboxylic acids is 1. The van der Waals surface area contributed by atoms with Crippen LogP contribution in [0.5, 0.6) is 0 Å². The topological polar surface area (TPSA) is 66.5 Å². The Kier molecular flexibility index (Phi) is 6.34. The third-order valence-electron chi connectivity index (χ3n) is 3.84. The molecule has 1 amide bonds. The van der Waals surface area contributed by atoms with Gasteiger partial charge in [0.15, 0.2) is 0 Å². The van der Waals surface area contributed by atoms with Gasteiger partial charge in [0.25, 0.3) is 0 Å². The van der Waals surface area contributed by atoms with Crippen molar-refractivity contribution in [3.05, 3.63) is 57.1 Å². The van der Waals surface area contributed by atoms with E-state index in [0.29, 0.717) is 26.9 Å². The highest BCUT2D eigenvalue weighted by molar-refractivity contribution is 7.89. The second-order valence-electron chi connectivity index (χ2n) is 6.17. The standard InChI is InChI=1S/C18H20Cl2N2O3S/c1-11-7-12(2)18(13(3)8-11)26(24,25)22(4)10-17(23)21-14-5-6-15(19)16(20)9-14/h5-9H,10H2,1-4H3,(H,21,23). The number of carbonyl (C=O) groups is 1. The van der Waals surface area contributed by atoms with E-state index in [2.05, 4.69) is 5.32 Å². The summed E-state index contributed by atoms with van der Waals surface area (Å²) in [6.07, 6.45) is 0. The highest BCUT2D eigenvalue weighted by Gasteiger charge is 2.26. The molecule has 2 rings (SSSR count). The van der Waals surface area contributed by atoms with Gasteiger partial charge in [-0.1, -0.05) is 40.9 Å². The van der Waals surface area contributed by atoms with Gasteiger partial charge in [0.05, 0.1) is 21.5 Å². The minimum Gasteiger partial charge on any atom is -0.325 e. The number of sulfonamides is 1. The molecular formula is C18H20Cl2N2O3S. The van der Waals surface area contributed by atoms with E-state index in [1.807, 2.05) is 19.1 Å². The van der Waals surface area contributed by atoms with Gasteiger partial charge in [-0.25, -0.2) is 8.42 Å². The van der Waals surface area contributed by atoms with Gasteiger partial charge in [-0.05, 0) is 50.1 Å². The smallest absolute Gasteiger partial charge is 0.243 e. The van der Waals surface area contributed by atoms with Crippen molar-refractivity contribution in [2.45, 2.75) is 25.7 Å². The summed E-state index contributed by atoms with van der Waals surface area (Å²) in [4.78, 5) is 12.5. The fourth-order valence-corrected chi connectivity index (χ4v) is 4.62. The Morgan fingerprint density at radius 1 is 1.04 bits per heavy atom. The van der Waals surface area contributed by atoms with Crippen LogP contribution >= 0.6 is 23.2 Å². The van der Waals surface area contributed by atoms with E-state index < -0.39 is 15.9 Å². The number of nitrogens with zero attached hydrogens (tertiary/aromatic N) is 1. The van der Waals surface area contributed by atoms with E-state index in [1.54, 1.807) is 26.0 Å². The molecule has 0 bridgehead atoms. The van der Waals surface area contributed by atoms with Crippen LogP contribution in [-0.4, -0.2) is 32.2 Å². The third kappa shape index (κ3) is 4.57. The van der Waals surface area contributed by atoms with Gasteiger partial charge in [0.2, 0.25) is 15.9 Å². The van der Waals surface area contributed by atoms with E-state index in [9.17, 15) is 13.2 Å². The van der Waals surface area contributed by atoms with E-state index in [-0.39, 0.29) is 11.4 Å². The summed E-state index contributed by atoms with van der Waals surface area (Å²) in [6.45, 7) is 5.08. The van der Waals surface area contributed by atoms with E-state index in [0.717, 1.165) is 9.87 Å². The molecule has 0 aliphatic rings. The minimum absolute atomic E-state index is 0.230. The molecule has 0 aliphatic heterocycles. The lowest BCUT2D eigenvalue weighted by Gasteiger charge is -2.20. The Hall–Kier alpha value is -1.60. The van der Waals surface area contributed by atoms with Gasteiger partial charge >= 0.3 is 0 Å². The Labute approximate surface area is 164 Å². The molecule has 0 radical (unpaired) electrons. The van der Waals surface area contributed by atoms with E-state index in [4.69, 9.17) is 23.2 Å². The second kappa shape index (κ2) is 7.96. The molecule has 0 spiro atoms. The van der Waals surface area contributed by atoms with Gasteiger partial charge < -0.3 is 5.32 Å². The molecule has 0 unspecified atom stereocenters. The summed E-state index contributed by atoms with van der Waals surface area (Å²) in [5, 5.41) is 3.29. The number of benzene rings is 2. The fraction of sp³-hybridized carbons (Fsp3) is 0.278. The summed E-state index contributed by atoms with van der Waals surface area (Å²) >= 11 is 11.8. The van der Waals surface area contributed by atoms with Gasteiger partial charge in [-0.3, -0.25) is 4.79 Å². The molecule has 1 N–H and O–H groups in total. The summed E-state index contributed by atoms with van der Waals surface area (Å²) in [5.41, 5.74) is 2.73. The zero-order valence-corrected chi connectivity index (χ0v) is 17.3.